The van der Waals surface area contributed by atoms with Crippen LogP contribution in [-0.4, -0.2) is 12.3 Å². The van der Waals surface area contributed by atoms with Gasteiger partial charge in [0.1, 0.15) is 0 Å². The summed E-state index contributed by atoms with van der Waals surface area (Å²) in [5.41, 5.74) is 2.08. The monoisotopic (exact) mass is 249 g/mol. The van der Waals surface area contributed by atoms with Crippen molar-refractivity contribution in [3.05, 3.63) is 35.9 Å². The largest absolute Gasteiger partial charge is 0.381 e. The van der Waals surface area contributed by atoms with E-state index in [0.29, 0.717) is 28.9 Å². The number of hydrogen-bond donors (Lipinski definition) is 1. The number of alkyl halides is 2. The molecular formula is C10H10ClF2NS. The van der Waals surface area contributed by atoms with E-state index in [-0.39, 0.29) is 0 Å². The Kier molecular flexibility index (Phi) is 5.50. The Bertz CT molecular complexity index is 331. The molecule has 0 fully saturated rings. The second-order valence-electron chi connectivity index (χ2n) is 2.62. The van der Waals surface area contributed by atoms with Gasteiger partial charge in [-0.25, -0.2) is 0 Å². The molecule has 0 saturated heterocycles. The van der Waals surface area contributed by atoms with Gasteiger partial charge in [0.25, 0.3) is 5.76 Å². The Morgan fingerprint density at radius 2 is 2.13 bits per heavy atom. The predicted octanol–water partition coefficient (Wildman–Crippen LogP) is 4.17. The molecule has 0 spiro atoms. The molecule has 0 aliphatic rings. The zero-order valence-corrected chi connectivity index (χ0v) is 9.36. The van der Waals surface area contributed by atoms with Gasteiger partial charge in [0.05, 0.1) is 0 Å². The lowest BCUT2D eigenvalue weighted by molar-refractivity contribution is 0.252. The molecule has 0 saturated carbocycles. The number of rotatable bonds is 5. The Morgan fingerprint density at radius 1 is 1.40 bits per heavy atom. The number of hydrogen-bond acceptors (Lipinski definition) is 2. The van der Waals surface area contributed by atoms with Gasteiger partial charge in [-0.1, -0.05) is 41.6 Å². The molecule has 82 valence electrons. The molecule has 1 rings (SSSR count). The van der Waals surface area contributed by atoms with Crippen molar-refractivity contribution < 1.29 is 8.78 Å². The quantitative estimate of drug-likeness (QED) is 0.787. The SMILES string of the molecule is FC(F)Sc1ccccc1NC/C=C/Cl. The van der Waals surface area contributed by atoms with Crippen LogP contribution in [0.5, 0.6) is 0 Å². The number of halogens is 3. The molecule has 0 aliphatic heterocycles. The minimum atomic E-state index is -2.41. The van der Waals surface area contributed by atoms with Gasteiger partial charge in [-0.3, -0.25) is 0 Å². The molecule has 0 atom stereocenters. The van der Waals surface area contributed by atoms with Crippen molar-refractivity contribution >= 4 is 29.1 Å². The third kappa shape index (κ3) is 4.53. The van der Waals surface area contributed by atoms with Gasteiger partial charge < -0.3 is 5.32 Å². The van der Waals surface area contributed by atoms with Crippen molar-refractivity contribution in [2.24, 2.45) is 0 Å². The summed E-state index contributed by atoms with van der Waals surface area (Å²) in [5.74, 6) is -2.41. The van der Waals surface area contributed by atoms with Crippen LogP contribution in [0.3, 0.4) is 0 Å². The van der Waals surface area contributed by atoms with Crippen molar-refractivity contribution in [2.75, 3.05) is 11.9 Å². The van der Waals surface area contributed by atoms with Gasteiger partial charge >= 0.3 is 0 Å². The highest BCUT2D eigenvalue weighted by Gasteiger charge is 2.08. The molecule has 0 heterocycles. The summed E-state index contributed by atoms with van der Waals surface area (Å²) in [5, 5.41) is 2.99. The van der Waals surface area contributed by atoms with E-state index >= 15 is 0 Å². The molecule has 1 N–H and O–H groups in total. The minimum Gasteiger partial charge on any atom is -0.381 e. The first-order valence-corrected chi connectivity index (χ1v) is 5.58. The van der Waals surface area contributed by atoms with Crippen LogP contribution in [0.15, 0.2) is 40.8 Å². The second kappa shape index (κ2) is 6.69. The van der Waals surface area contributed by atoms with E-state index in [0.717, 1.165) is 0 Å². The highest BCUT2D eigenvalue weighted by atomic mass is 35.5. The summed E-state index contributed by atoms with van der Waals surface area (Å²) in [4.78, 5) is 0.537. The summed E-state index contributed by atoms with van der Waals surface area (Å²) in [6, 6.07) is 6.94. The number of thioether (sulfide) groups is 1. The first kappa shape index (κ1) is 12.3. The van der Waals surface area contributed by atoms with Gasteiger partial charge in [-0.05, 0) is 12.1 Å². The van der Waals surface area contributed by atoms with Gasteiger partial charge in [0, 0.05) is 22.7 Å². The van der Waals surface area contributed by atoms with Crippen LogP contribution in [0.2, 0.25) is 0 Å². The van der Waals surface area contributed by atoms with Gasteiger partial charge in [-0.15, -0.1) is 0 Å². The van der Waals surface area contributed by atoms with E-state index in [1.807, 2.05) is 0 Å². The molecule has 1 aromatic carbocycles. The maximum atomic E-state index is 12.2. The number of nitrogens with one attached hydrogen (secondary N) is 1. The zero-order valence-electron chi connectivity index (χ0n) is 7.79. The molecule has 0 aliphatic carbocycles. The lowest BCUT2D eigenvalue weighted by Crippen LogP contribution is -1.99. The maximum absolute atomic E-state index is 12.2. The molecule has 1 aromatic rings. The molecule has 0 aromatic heterocycles. The summed E-state index contributed by atoms with van der Waals surface area (Å²) < 4.78 is 24.4. The third-order valence-corrected chi connectivity index (χ3v) is 2.57. The molecule has 0 bridgehead atoms. The molecule has 0 radical (unpaired) electrons. The van der Waals surface area contributed by atoms with Crippen LogP contribution in [0, 0.1) is 0 Å². The van der Waals surface area contributed by atoms with E-state index in [2.05, 4.69) is 5.32 Å². The Balaban J connectivity index is 2.68. The third-order valence-electron chi connectivity index (χ3n) is 1.60. The van der Waals surface area contributed by atoms with E-state index in [4.69, 9.17) is 11.6 Å². The van der Waals surface area contributed by atoms with Gasteiger partial charge in [-0.2, -0.15) is 8.78 Å². The van der Waals surface area contributed by atoms with Crippen molar-refractivity contribution in [1.29, 1.82) is 0 Å². The number of para-hydroxylation sites is 1. The van der Waals surface area contributed by atoms with Crippen molar-refractivity contribution in [3.63, 3.8) is 0 Å². The summed E-state index contributed by atoms with van der Waals surface area (Å²) >= 11 is 5.88. The molecule has 1 nitrogen and oxygen atoms in total. The van der Waals surface area contributed by atoms with Crippen LogP contribution in [0.1, 0.15) is 0 Å². The number of anilines is 1. The minimum absolute atomic E-state index is 0.518. The average molecular weight is 250 g/mol. The first-order valence-electron chi connectivity index (χ1n) is 4.27. The second-order valence-corrected chi connectivity index (χ2v) is 3.90. The number of benzene rings is 1. The van der Waals surface area contributed by atoms with E-state index < -0.39 is 5.76 Å². The topological polar surface area (TPSA) is 12.0 Å². The molecule has 0 amide bonds. The summed E-state index contributed by atoms with van der Waals surface area (Å²) in [7, 11) is 0. The van der Waals surface area contributed by atoms with Crippen molar-refractivity contribution in [2.45, 2.75) is 10.7 Å². The lowest BCUT2D eigenvalue weighted by Gasteiger charge is -2.09. The molecule has 5 heteroatoms. The van der Waals surface area contributed by atoms with Crippen molar-refractivity contribution in [3.8, 4) is 0 Å². The molecular weight excluding hydrogens is 240 g/mol. The highest BCUT2D eigenvalue weighted by Crippen LogP contribution is 2.31. The standard InChI is InChI=1S/C10H10ClF2NS/c11-6-3-7-14-8-4-1-2-5-9(8)15-10(12)13/h1-6,10,14H,7H2/b6-3+. The van der Waals surface area contributed by atoms with Gasteiger partial charge in [0.2, 0.25) is 0 Å². The van der Waals surface area contributed by atoms with E-state index in [1.54, 1.807) is 30.3 Å². The van der Waals surface area contributed by atoms with Crippen LogP contribution in [-0.2, 0) is 0 Å². The van der Waals surface area contributed by atoms with E-state index in [1.165, 1.54) is 5.54 Å². The average Bonchev–Trinajstić information content (AvgIpc) is 2.20. The predicted molar refractivity (Wildman–Crippen MR) is 61.8 cm³/mol. The van der Waals surface area contributed by atoms with Crippen LogP contribution in [0.4, 0.5) is 14.5 Å². The fourth-order valence-electron chi connectivity index (χ4n) is 1.02. The Hall–Kier alpha value is -0.740. The maximum Gasteiger partial charge on any atom is 0.288 e. The normalized spacial score (nSPS) is 11.2. The van der Waals surface area contributed by atoms with Crippen molar-refractivity contribution in [1.82, 2.24) is 0 Å². The Morgan fingerprint density at radius 3 is 2.80 bits per heavy atom. The Labute approximate surface area is 96.5 Å². The molecule has 0 unspecified atom stereocenters. The smallest absolute Gasteiger partial charge is 0.288 e. The van der Waals surface area contributed by atoms with Crippen LogP contribution < -0.4 is 5.32 Å². The lowest BCUT2D eigenvalue weighted by atomic mass is 10.3. The van der Waals surface area contributed by atoms with Crippen LogP contribution >= 0.6 is 23.4 Å². The summed E-state index contributed by atoms with van der Waals surface area (Å²) in [6.07, 6.45) is 1.70. The summed E-state index contributed by atoms with van der Waals surface area (Å²) in [6.45, 7) is 0.518. The van der Waals surface area contributed by atoms with Crippen LogP contribution in [0.25, 0.3) is 0 Å². The molecule has 15 heavy (non-hydrogen) atoms. The highest BCUT2D eigenvalue weighted by molar-refractivity contribution is 7.99. The first-order chi connectivity index (χ1) is 7.24. The van der Waals surface area contributed by atoms with Gasteiger partial charge in [0.15, 0.2) is 0 Å². The fraction of sp³-hybridized carbons (Fsp3) is 0.200. The zero-order chi connectivity index (χ0) is 11.1. The van der Waals surface area contributed by atoms with E-state index in [9.17, 15) is 8.78 Å². The fourth-order valence-corrected chi connectivity index (χ4v) is 1.73.